The average Bonchev–Trinajstić information content (AvgIpc) is 2.94. The van der Waals surface area contributed by atoms with E-state index in [0.717, 1.165) is 5.56 Å². The van der Waals surface area contributed by atoms with E-state index >= 15 is 0 Å². The first-order valence-corrected chi connectivity index (χ1v) is 5.93. The molecular weight excluding hydrogens is 260 g/mol. The van der Waals surface area contributed by atoms with Crippen molar-refractivity contribution in [3.63, 3.8) is 0 Å². The molecular formula is C15H14O5. The molecule has 5 nitrogen and oxygen atoms in total. The van der Waals surface area contributed by atoms with E-state index in [1.807, 2.05) is 0 Å². The van der Waals surface area contributed by atoms with Gasteiger partial charge in [0.1, 0.15) is 11.5 Å². The minimum atomic E-state index is -0.437. The Morgan fingerprint density at radius 2 is 2.00 bits per heavy atom. The third-order valence-corrected chi connectivity index (χ3v) is 2.96. The maximum atomic E-state index is 11.7. The Kier molecular flexibility index (Phi) is 3.89. The van der Waals surface area contributed by atoms with Crippen LogP contribution >= 0.6 is 0 Å². The lowest BCUT2D eigenvalue weighted by Crippen LogP contribution is -2.04. The topological polar surface area (TPSA) is 65.7 Å². The lowest BCUT2D eigenvalue weighted by atomic mass is 10.0. The van der Waals surface area contributed by atoms with E-state index < -0.39 is 5.97 Å². The van der Waals surface area contributed by atoms with Crippen LogP contribution in [0.4, 0.5) is 0 Å². The smallest absolute Gasteiger partial charge is 0.338 e. The predicted octanol–water partition coefficient (Wildman–Crippen LogP) is 2.86. The molecule has 104 valence electrons. The zero-order valence-electron chi connectivity index (χ0n) is 11.4. The minimum Gasteiger partial charge on any atom is -0.496 e. The van der Waals surface area contributed by atoms with E-state index in [4.69, 9.17) is 13.9 Å². The molecule has 0 radical (unpaired) electrons. The first-order chi connectivity index (χ1) is 9.60. The van der Waals surface area contributed by atoms with Gasteiger partial charge in [0.2, 0.25) is 0 Å². The maximum Gasteiger partial charge on any atom is 0.338 e. The summed E-state index contributed by atoms with van der Waals surface area (Å²) < 4.78 is 15.4. The molecule has 0 saturated heterocycles. The Morgan fingerprint density at radius 1 is 1.25 bits per heavy atom. The normalized spacial score (nSPS) is 10.2. The standard InChI is InChI=1S/C15H14O5/c1-9-6-14(18-2)12(7-11(9)15(17)19-3)13-5-4-10(8-16)20-13/h4-8H,1-3H3. The Bertz CT molecular complexity index is 654. The van der Waals surface area contributed by atoms with E-state index in [2.05, 4.69) is 0 Å². The molecule has 0 aliphatic rings. The highest BCUT2D eigenvalue weighted by Gasteiger charge is 2.17. The van der Waals surface area contributed by atoms with Crippen molar-refractivity contribution < 1.29 is 23.5 Å². The number of esters is 1. The largest absolute Gasteiger partial charge is 0.496 e. The molecule has 0 fully saturated rings. The van der Waals surface area contributed by atoms with Crippen LogP contribution in [0.2, 0.25) is 0 Å². The number of aldehydes is 1. The molecule has 0 amide bonds. The second-order valence-electron chi connectivity index (χ2n) is 4.18. The highest BCUT2D eigenvalue weighted by atomic mass is 16.5. The number of benzene rings is 1. The molecule has 0 saturated carbocycles. The van der Waals surface area contributed by atoms with Gasteiger partial charge in [-0.2, -0.15) is 0 Å². The molecule has 1 aromatic heterocycles. The summed E-state index contributed by atoms with van der Waals surface area (Å²) in [4.78, 5) is 22.4. The fourth-order valence-corrected chi connectivity index (χ4v) is 1.93. The van der Waals surface area contributed by atoms with E-state index in [1.165, 1.54) is 14.2 Å². The zero-order valence-corrected chi connectivity index (χ0v) is 11.4. The fourth-order valence-electron chi connectivity index (χ4n) is 1.93. The van der Waals surface area contributed by atoms with Gasteiger partial charge in [-0.15, -0.1) is 0 Å². The molecule has 0 spiro atoms. The number of aryl methyl sites for hydroxylation is 1. The Balaban J connectivity index is 2.60. The van der Waals surface area contributed by atoms with Gasteiger partial charge in [0.05, 0.1) is 25.3 Å². The summed E-state index contributed by atoms with van der Waals surface area (Å²) in [6.07, 6.45) is 0.616. The molecule has 0 N–H and O–H groups in total. The number of hydrogen-bond acceptors (Lipinski definition) is 5. The van der Waals surface area contributed by atoms with Gasteiger partial charge in [0.15, 0.2) is 12.0 Å². The number of hydrogen-bond donors (Lipinski definition) is 0. The lowest BCUT2D eigenvalue weighted by Gasteiger charge is -2.11. The van der Waals surface area contributed by atoms with Crippen molar-refractivity contribution >= 4 is 12.3 Å². The average molecular weight is 274 g/mol. The number of ether oxygens (including phenoxy) is 2. The van der Waals surface area contributed by atoms with Crippen LogP contribution in [0, 0.1) is 6.92 Å². The summed E-state index contributed by atoms with van der Waals surface area (Å²) in [5, 5.41) is 0. The van der Waals surface area contributed by atoms with E-state index in [0.29, 0.717) is 28.9 Å². The van der Waals surface area contributed by atoms with Gasteiger partial charge in [-0.25, -0.2) is 4.79 Å². The first-order valence-electron chi connectivity index (χ1n) is 5.93. The van der Waals surface area contributed by atoms with Crippen LogP contribution in [0.3, 0.4) is 0 Å². The summed E-state index contributed by atoms with van der Waals surface area (Å²) in [6.45, 7) is 1.79. The van der Waals surface area contributed by atoms with Crippen molar-refractivity contribution in [3.05, 3.63) is 41.2 Å². The zero-order chi connectivity index (χ0) is 14.7. The van der Waals surface area contributed by atoms with Crippen molar-refractivity contribution in [2.45, 2.75) is 6.92 Å². The van der Waals surface area contributed by atoms with Crippen LogP contribution in [0.1, 0.15) is 26.5 Å². The second-order valence-corrected chi connectivity index (χ2v) is 4.18. The fraction of sp³-hybridized carbons (Fsp3) is 0.200. The van der Waals surface area contributed by atoms with Gasteiger partial charge in [0.25, 0.3) is 0 Å². The van der Waals surface area contributed by atoms with E-state index in [9.17, 15) is 9.59 Å². The summed E-state index contributed by atoms with van der Waals surface area (Å²) in [5.41, 5.74) is 1.75. The monoisotopic (exact) mass is 274 g/mol. The van der Waals surface area contributed by atoms with E-state index in [-0.39, 0.29) is 5.76 Å². The SMILES string of the molecule is COC(=O)c1cc(-c2ccc(C=O)o2)c(OC)cc1C. The Morgan fingerprint density at radius 3 is 2.55 bits per heavy atom. The number of carbonyl (C=O) groups is 2. The molecule has 20 heavy (non-hydrogen) atoms. The van der Waals surface area contributed by atoms with Crippen LogP contribution in [0.15, 0.2) is 28.7 Å². The maximum absolute atomic E-state index is 11.7. The molecule has 1 aromatic carbocycles. The molecule has 0 atom stereocenters. The summed E-state index contributed by atoms with van der Waals surface area (Å²) >= 11 is 0. The molecule has 0 bridgehead atoms. The molecule has 2 rings (SSSR count). The number of rotatable bonds is 4. The number of furan rings is 1. The van der Waals surface area contributed by atoms with Gasteiger partial charge in [-0.3, -0.25) is 4.79 Å². The third-order valence-electron chi connectivity index (χ3n) is 2.96. The van der Waals surface area contributed by atoms with Crippen molar-refractivity contribution in [3.8, 4) is 17.1 Å². The van der Waals surface area contributed by atoms with Crippen molar-refractivity contribution in [1.82, 2.24) is 0 Å². The quantitative estimate of drug-likeness (QED) is 0.633. The van der Waals surface area contributed by atoms with Crippen LogP contribution in [0.25, 0.3) is 11.3 Å². The van der Waals surface area contributed by atoms with Crippen LogP contribution in [0.5, 0.6) is 5.75 Å². The summed E-state index contributed by atoms with van der Waals surface area (Å²) in [5.74, 6) is 0.784. The van der Waals surface area contributed by atoms with Crippen molar-refractivity contribution in [1.29, 1.82) is 0 Å². The molecule has 0 aliphatic heterocycles. The molecule has 0 aliphatic carbocycles. The van der Waals surface area contributed by atoms with Crippen LogP contribution in [-0.4, -0.2) is 26.5 Å². The Hall–Kier alpha value is -2.56. The number of methoxy groups -OCH3 is 2. The Labute approximate surface area is 116 Å². The van der Waals surface area contributed by atoms with Gasteiger partial charge in [0, 0.05) is 0 Å². The van der Waals surface area contributed by atoms with Gasteiger partial charge >= 0.3 is 5.97 Å². The highest BCUT2D eigenvalue weighted by Crippen LogP contribution is 2.34. The molecule has 2 aromatic rings. The second kappa shape index (κ2) is 5.61. The van der Waals surface area contributed by atoms with Crippen molar-refractivity contribution in [2.24, 2.45) is 0 Å². The molecule has 5 heteroatoms. The predicted molar refractivity (Wildman–Crippen MR) is 72.2 cm³/mol. The van der Waals surface area contributed by atoms with Gasteiger partial charge < -0.3 is 13.9 Å². The third kappa shape index (κ3) is 2.42. The molecule has 0 unspecified atom stereocenters. The molecule has 1 heterocycles. The van der Waals surface area contributed by atoms with Crippen LogP contribution < -0.4 is 4.74 Å². The number of carbonyl (C=O) groups excluding carboxylic acids is 2. The lowest BCUT2D eigenvalue weighted by molar-refractivity contribution is 0.0600. The highest BCUT2D eigenvalue weighted by molar-refractivity contribution is 5.93. The summed E-state index contributed by atoms with van der Waals surface area (Å²) in [7, 11) is 2.85. The van der Waals surface area contributed by atoms with Crippen LogP contribution in [-0.2, 0) is 4.74 Å². The van der Waals surface area contributed by atoms with Gasteiger partial charge in [-0.1, -0.05) is 0 Å². The summed E-state index contributed by atoms with van der Waals surface area (Å²) in [6, 6.07) is 6.57. The minimum absolute atomic E-state index is 0.210. The van der Waals surface area contributed by atoms with Crippen molar-refractivity contribution in [2.75, 3.05) is 14.2 Å². The van der Waals surface area contributed by atoms with E-state index in [1.54, 1.807) is 31.2 Å². The van der Waals surface area contributed by atoms with Gasteiger partial charge in [-0.05, 0) is 36.8 Å². The first kappa shape index (κ1) is 13.9.